The summed E-state index contributed by atoms with van der Waals surface area (Å²) in [5, 5.41) is 12.1. The second kappa shape index (κ2) is 11.5. The third-order valence-corrected chi connectivity index (χ3v) is 8.31. The molecule has 7 nitrogen and oxygen atoms in total. The molecule has 0 unspecified atom stereocenters. The van der Waals surface area contributed by atoms with Gasteiger partial charge in [-0.2, -0.15) is 0 Å². The highest BCUT2D eigenvalue weighted by Crippen LogP contribution is 2.37. The number of benzene rings is 1. The van der Waals surface area contributed by atoms with Gasteiger partial charge in [0.15, 0.2) is 9.84 Å². The van der Waals surface area contributed by atoms with E-state index in [-0.39, 0.29) is 16.1 Å². The maximum atomic E-state index is 13.8. The number of rotatable bonds is 8. The molecule has 1 aliphatic heterocycles. The Morgan fingerprint density at radius 2 is 1.80 bits per heavy atom. The van der Waals surface area contributed by atoms with E-state index in [4.69, 9.17) is 6.42 Å². The van der Waals surface area contributed by atoms with Gasteiger partial charge in [0.05, 0.1) is 26.3 Å². The SMILES string of the molecule is C#Cc1cc([N+](=O)[O-])cc(S(=O)(=O)C2CCCN(C)CCC2)c1N(CCBr)CCBr. The van der Waals surface area contributed by atoms with Gasteiger partial charge in [-0.3, -0.25) is 10.1 Å². The van der Waals surface area contributed by atoms with E-state index in [1.54, 1.807) is 0 Å². The summed E-state index contributed by atoms with van der Waals surface area (Å²) in [5.41, 5.74) is 0.324. The monoisotopic (exact) mass is 563 g/mol. The van der Waals surface area contributed by atoms with Gasteiger partial charge in [-0.25, -0.2) is 8.42 Å². The molecule has 1 saturated heterocycles. The molecule has 30 heavy (non-hydrogen) atoms. The van der Waals surface area contributed by atoms with Crippen LogP contribution in [-0.4, -0.2) is 67.4 Å². The van der Waals surface area contributed by atoms with Crippen LogP contribution in [-0.2, 0) is 9.84 Å². The maximum Gasteiger partial charge on any atom is 0.272 e. The molecule has 0 atom stereocenters. The molecule has 2 rings (SSSR count). The summed E-state index contributed by atoms with van der Waals surface area (Å²) in [4.78, 5) is 15.0. The normalized spacial score (nSPS) is 16.5. The van der Waals surface area contributed by atoms with Crippen molar-refractivity contribution in [1.29, 1.82) is 0 Å². The van der Waals surface area contributed by atoms with Gasteiger partial charge in [0, 0.05) is 35.9 Å². The summed E-state index contributed by atoms with van der Waals surface area (Å²) < 4.78 is 27.5. The van der Waals surface area contributed by atoms with E-state index in [0.29, 0.717) is 42.3 Å². The molecule has 1 fully saturated rings. The molecule has 1 aromatic carbocycles. The van der Waals surface area contributed by atoms with Crippen LogP contribution in [0.2, 0.25) is 0 Å². The molecule has 0 aromatic heterocycles. The highest BCUT2D eigenvalue weighted by atomic mass is 79.9. The fourth-order valence-electron chi connectivity index (χ4n) is 3.82. The molecule has 0 N–H and O–H groups in total. The van der Waals surface area contributed by atoms with Crippen LogP contribution in [0, 0.1) is 22.5 Å². The second-order valence-corrected chi connectivity index (χ2v) is 11.1. The van der Waals surface area contributed by atoms with Crippen LogP contribution < -0.4 is 4.90 Å². The molecular formula is C20H27Br2N3O4S. The largest absolute Gasteiger partial charge is 0.368 e. The zero-order valence-electron chi connectivity index (χ0n) is 17.0. The van der Waals surface area contributed by atoms with Crippen LogP contribution in [0.25, 0.3) is 0 Å². The van der Waals surface area contributed by atoms with Crippen LogP contribution in [0.3, 0.4) is 0 Å². The van der Waals surface area contributed by atoms with E-state index in [2.05, 4.69) is 42.7 Å². The summed E-state index contributed by atoms with van der Waals surface area (Å²) in [6.45, 7) is 2.72. The number of anilines is 1. The van der Waals surface area contributed by atoms with E-state index >= 15 is 0 Å². The maximum absolute atomic E-state index is 13.8. The Morgan fingerprint density at radius 3 is 2.27 bits per heavy atom. The topological polar surface area (TPSA) is 83.8 Å². The number of halogens is 2. The van der Waals surface area contributed by atoms with Gasteiger partial charge in [0.25, 0.3) is 5.69 Å². The summed E-state index contributed by atoms with van der Waals surface area (Å²) in [5.74, 6) is 2.48. The number of non-ortho nitro benzene ring substituents is 1. The molecule has 166 valence electrons. The number of nitro benzene ring substituents is 1. The molecule has 0 spiro atoms. The lowest BCUT2D eigenvalue weighted by Gasteiger charge is -2.29. The number of nitrogens with zero attached hydrogens (tertiary/aromatic N) is 3. The van der Waals surface area contributed by atoms with Gasteiger partial charge in [-0.05, 0) is 45.8 Å². The minimum absolute atomic E-state index is 0.0227. The highest BCUT2D eigenvalue weighted by Gasteiger charge is 2.34. The van der Waals surface area contributed by atoms with Crippen molar-refractivity contribution in [2.24, 2.45) is 0 Å². The molecule has 1 aromatic rings. The van der Waals surface area contributed by atoms with Crippen LogP contribution in [0.15, 0.2) is 17.0 Å². The minimum atomic E-state index is -3.81. The first-order chi connectivity index (χ1) is 14.3. The van der Waals surface area contributed by atoms with E-state index in [1.807, 2.05) is 11.9 Å². The molecule has 0 aliphatic carbocycles. The van der Waals surface area contributed by atoms with Crippen molar-refractivity contribution < 1.29 is 13.3 Å². The second-order valence-electron chi connectivity index (χ2n) is 7.36. The first kappa shape index (κ1) is 25.1. The lowest BCUT2D eigenvalue weighted by atomic mass is 10.1. The number of likely N-dealkylation sites (tertiary alicyclic amines) is 1. The Kier molecular flexibility index (Phi) is 9.60. The van der Waals surface area contributed by atoms with Crippen LogP contribution in [0.4, 0.5) is 11.4 Å². The standard InChI is InChI=1S/C20H27Br2N3O4S/c1-3-16-14-17(25(26)27)15-19(20(16)24(12-8-21)13-9-22)30(28,29)18-6-4-10-23(2)11-5-7-18/h1,14-15,18H,4-13H2,2H3. The molecule has 0 bridgehead atoms. The summed E-state index contributed by atoms with van der Waals surface area (Å²) in [6.07, 6.45) is 8.25. The lowest BCUT2D eigenvalue weighted by molar-refractivity contribution is -0.385. The Bertz CT molecular complexity index is 886. The highest BCUT2D eigenvalue weighted by molar-refractivity contribution is 9.09. The Balaban J connectivity index is 2.66. The number of sulfone groups is 1. The number of nitro groups is 1. The van der Waals surface area contributed by atoms with Gasteiger partial charge < -0.3 is 9.80 Å². The molecule has 10 heteroatoms. The molecule has 1 aliphatic rings. The van der Waals surface area contributed by atoms with Gasteiger partial charge in [-0.1, -0.05) is 37.8 Å². The summed E-state index contributed by atoms with van der Waals surface area (Å²) >= 11 is 6.81. The zero-order chi connectivity index (χ0) is 22.3. The number of alkyl halides is 2. The van der Waals surface area contributed by atoms with E-state index in [0.717, 1.165) is 25.9 Å². The number of hydrogen-bond donors (Lipinski definition) is 0. The van der Waals surface area contributed by atoms with Crippen molar-refractivity contribution in [3.05, 3.63) is 27.8 Å². The molecule has 0 radical (unpaired) electrons. The number of terminal acetylenes is 1. The van der Waals surface area contributed by atoms with Crippen molar-refractivity contribution in [2.75, 3.05) is 48.8 Å². The molecule has 0 saturated carbocycles. The van der Waals surface area contributed by atoms with E-state index in [9.17, 15) is 18.5 Å². The average molecular weight is 565 g/mol. The summed E-state index contributed by atoms with van der Waals surface area (Å²) in [7, 11) is -1.78. The van der Waals surface area contributed by atoms with Crippen LogP contribution >= 0.6 is 31.9 Å². The predicted octanol–water partition coefficient (Wildman–Crippen LogP) is 3.82. The van der Waals surface area contributed by atoms with Crippen molar-refractivity contribution in [1.82, 2.24) is 4.90 Å². The summed E-state index contributed by atoms with van der Waals surface area (Å²) in [6, 6.07) is 2.47. The average Bonchev–Trinajstić information content (AvgIpc) is 2.69. The van der Waals surface area contributed by atoms with Gasteiger partial charge in [0.1, 0.15) is 0 Å². The quantitative estimate of drug-likeness (QED) is 0.206. The predicted molar refractivity (Wildman–Crippen MR) is 128 cm³/mol. The van der Waals surface area contributed by atoms with E-state index < -0.39 is 20.0 Å². The smallest absolute Gasteiger partial charge is 0.272 e. The molecular weight excluding hydrogens is 538 g/mol. The van der Waals surface area contributed by atoms with Gasteiger partial charge >= 0.3 is 0 Å². The van der Waals surface area contributed by atoms with Crippen LogP contribution in [0.1, 0.15) is 31.2 Å². The number of hydrogen-bond acceptors (Lipinski definition) is 6. The lowest BCUT2D eigenvalue weighted by Crippen LogP contribution is -2.33. The Labute approximate surface area is 195 Å². The Hall–Kier alpha value is -1.15. The van der Waals surface area contributed by atoms with Crippen molar-refractivity contribution in [2.45, 2.75) is 35.8 Å². The fourth-order valence-corrected chi connectivity index (χ4v) is 6.78. The van der Waals surface area contributed by atoms with Crippen molar-refractivity contribution in [3.63, 3.8) is 0 Å². The van der Waals surface area contributed by atoms with Gasteiger partial charge in [0.2, 0.25) is 0 Å². The van der Waals surface area contributed by atoms with Crippen LogP contribution in [0.5, 0.6) is 0 Å². The van der Waals surface area contributed by atoms with E-state index in [1.165, 1.54) is 12.1 Å². The third kappa shape index (κ3) is 5.96. The van der Waals surface area contributed by atoms with Crippen molar-refractivity contribution in [3.8, 4) is 12.3 Å². The molecule has 0 amide bonds. The van der Waals surface area contributed by atoms with Crippen molar-refractivity contribution >= 4 is 53.1 Å². The fraction of sp³-hybridized carbons (Fsp3) is 0.600. The Morgan fingerprint density at radius 1 is 1.23 bits per heavy atom. The first-order valence-corrected chi connectivity index (χ1v) is 13.6. The molecule has 1 heterocycles. The van der Waals surface area contributed by atoms with Gasteiger partial charge in [-0.15, -0.1) is 6.42 Å². The first-order valence-electron chi connectivity index (χ1n) is 9.84. The zero-order valence-corrected chi connectivity index (χ0v) is 21.0. The third-order valence-electron chi connectivity index (χ3n) is 5.33. The minimum Gasteiger partial charge on any atom is -0.368 e.